The van der Waals surface area contributed by atoms with Gasteiger partial charge in [-0.3, -0.25) is 0 Å². The molecule has 3 aromatic carbocycles. The summed E-state index contributed by atoms with van der Waals surface area (Å²) in [4.78, 5) is 4.55. The van der Waals surface area contributed by atoms with Crippen LogP contribution in [0.25, 0.3) is 44.7 Å². The lowest BCUT2D eigenvalue weighted by atomic mass is 10.0. The largest absolute Gasteiger partial charge is 0.436 e. The molecule has 6 heteroatoms. The Balaban J connectivity index is 1.58. The van der Waals surface area contributed by atoms with Crippen molar-refractivity contribution in [2.45, 2.75) is 0 Å². The fraction of sp³-hybridized carbons (Fsp3) is 0. The van der Waals surface area contributed by atoms with Crippen molar-refractivity contribution in [1.29, 1.82) is 0 Å². The van der Waals surface area contributed by atoms with Crippen LogP contribution in [0.2, 0.25) is 0 Å². The molecule has 0 saturated carbocycles. The molecular formula is C19H10BrN3OS. The van der Waals surface area contributed by atoms with Crippen LogP contribution in [0.3, 0.4) is 0 Å². The molecule has 25 heavy (non-hydrogen) atoms. The summed E-state index contributed by atoms with van der Waals surface area (Å²) >= 11 is 4.75. The fourth-order valence-corrected chi connectivity index (χ4v) is 3.96. The lowest BCUT2D eigenvalue weighted by Gasteiger charge is -2.04. The summed E-state index contributed by atoms with van der Waals surface area (Å²) < 4.78 is 15.6. The number of fused-ring (bicyclic) bond motifs is 2. The second kappa shape index (κ2) is 5.75. The predicted molar refractivity (Wildman–Crippen MR) is 104 cm³/mol. The Labute approximate surface area is 155 Å². The van der Waals surface area contributed by atoms with Crippen LogP contribution < -0.4 is 0 Å². The average Bonchev–Trinajstić information content (AvgIpc) is 3.30. The molecule has 5 aromatic rings. The van der Waals surface area contributed by atoms with Crippen molar-refractivity contribution >= 4 is 49.8 Å². The number of aromatic nitrogens is 3. The lowest BCUT2D eigenvalue weighted by molar-refractivity contribution is 0.620. The molecule has 120 valence electrons. The van der Waals surface area contributed by atoms with E-state index in [1.807, 2.05) is 42.5 Å². The number of oxazole rings is 1. The fourth-order valence-electron chi connectivity index (χ4n) is 2.86. The van der Waals surface area contributed by atoms with Crippen LogP contribution in [0.1, 0.15) is 0 Å². The van der Waals surface area contributed by atoms with Gasteiger partial charge in [-0.2, -0.15) is 8.75 Å². The third kappa shape index (κ3) is 2.45. The Morgan fingerprint density at radius 2 is 1.56 bits per heavy atom. The van der Waals surface area contributed by atoms with E-state index < -0.39 is 0 Å². The smallest absolute Gasteiger partial charge is 0.227 e. The molecule has 0 spiro atoms. The first-order valence-corrected chi connectivity index (χ1v) is 9.19. The number of para-hydroxylation sites is 2. The second-order valence-corrected chi connectivity index (χ2v) is 7.00. The maximum atomic E-state index is 5.84. The third-order valence-electron chi connectivity index (χ3n) is 4.10. The number of halogens is 1. The highest BCUT2D eigenvalue weighted by Gasteiger charge is 2.12. The minimum atomic E-state index is 0.629. The highest BCUT2D eigenvalue weighted by Crippen LogP contribution is 2.33. The van der Waals surface area contributed by atoms with Crippen molar-refractivity contribution in [3.8, 4) is 22.6 Å². The van der Waals surface area contributed by atoms with Crippen molar-refractivity contribution in [3.63, 3.8) is 0 Å². The van der Waals surface area contributed by atoms with Gasteiger partial charge in [-0.05, 0) is 51.8 Å². The van der Waals surface area contributed by atoms with Crippen LogP contribution in [0, 0.1) is 0 Å². The van der Waals surface area contributed by atoms with E-state index in [0.29, 0.717) is 5.89 Å². The van der Waals surface area contributed by atoms with Gasteiger partial charge < -0.3 is 4.42 Å². The van der Waals surface area contributed by atoms with Crippen molar-refractivity contribution < 1.29 is 4.42 Å². The third-order valence-corrected chi connectivity index (χ3v) is 5.27. The van der Waals surface area contributed by atoms with Crippen LogP contribution in [0.5, 0.6) is 0 Å². The summed E-state index contributed by atoms with van der Waals surface area (Å²) in [5.41, 5.74) is 6.57. The molecule has 0 aliphatic carbocycles. The quantitative estimate of drug-likeness (QED) is 0.363. The Hall–Kier alpha value is -2.57. The monoisotopic (exact) mass is 407 g/mol. The molecule has 0 aliphatic rings. The van der Waals surface area contributed by atoms with Crippen molar-refractivity contribution in [3.05, 3.63) is 65.1 Å². The van der Waals surface area contributed by atoms with E-state index in [1.165, 1.54) is 11.7 Å². The summed E-state index contributed by atoms with van der Waals surface area (Å²) in [6.45, 7) is 0. The Bertz CT molecular complexity index is 1180. The minimum Gasteiger partial charge on any atom is -0.436 e. The van der Waals surface area contributed by atoms with E-state index in [0.717, 1.165) is 43.3 Å². The Morgan fingerprint density at radius 3 is 2.40 bits per heavy atom. The number of hydrogen-bond donors (Lipinski definition) is 0. The number of benzene rings is 3. The number of hydrogen-bond acceptors (Lipinski definition) is 5. The SMILES string of the molecule is Brc1ccc(-c2ccc(-c3nc4ccccc4o3)cc2)c2nsnc12. The normalized spacial score (nSPS) is 11.4. The van der Waals surface area contributed by atoms with Crippen molar-refractivity contribution in [2.24, 2.45) is 0 Å². The summed E-state index contributed by atoms with van der Waals surface area (Å²) in [7, 11) is 0. The number of nitrogens with zero attached hydrogens (tertiary/aromatic N) is 3. The molecule has 4 nitrogen and oxygen atoms in total. The zero-order chi connectivity index (χ0) is 16.8. The zero-order valence-corrected chi connectivity index (χ0v) is 15.2. The molecule has 0 saturated heterocycles. The Kier molecular flexibility index (Phi) is 3.39. The molecule has 0 bridgehead atoms. The molecule has 0 aliphatic heterocycles. The highest BCUT2D eigenvalue weighted by molar-refractivity contribution is 9.10. The molecule has 5 rings (SSSR count). The molecule has 2 aromatic heterocycles. The van der Waals surface area contributed by atoms with E-state index in [2.05, 4.69) is 47.9 Å². The maximum Gasteiger partial charge on any atom is 0.227 e. The van der Waals surface area contributed by atoms with Gasteiger partial charge in [-0.1, -0.05) is 30.3 Å². The van der Waals surface area contributed by atoms with Gasteiger partial charge in [0, 0.05) is 15.6 Å². The van der Waals surface area contributed by atoms with E-state index in [4.69, 9.17) is 4.42 Å². The molecule has 0 radical (unpaired) electrons. The van der Waals surface area contributed by atoms with Crippen LogP contribution in [0.4, 0.5) is 0 Å². The van der Waals surface area contributed by atoms with Gasteiger partial charge in [0.1, 0.15) is 16.6 Å². The summed E-state index contributed by atoms with van der Waals surface area (Å²) in [5.74, 6) is 0.629. The molecule has 2 heterocycles. The van der Waals surface area contributed by atoms with E-state index >= 15 is 0 Å². The molecule has 0 unspecified atom stereocenters. The van der Waals surface area contributed by atoms with Crippen molar-refractivity contribution in [1.82, 2.24) is 13.7 Å². The van der Waals surface area contributed by atoms with E-state index in [1.54, 1.807) is 0 Å². The van der Waals surface area contributed by atoms with Crippen LogP contribution >= 0.6 is 27.7 Å². The molecule has 0 fully saturated rings. The zero-order valence-electron chi connectivity index (χ0n) is 12.8. The van der Waals surface area contributed by atoms with Gasteiger partial charge in [0.25, 0.3) is 0 Å². The van der Waals surface area contributed by atoms with Crippen LogP contribution in [-0.2, 0) is 0 Å². The van der Waals surface area contributed by atoms with E-state index in [-0.39, 0.29) is 0 Å². The van der Waals surface area contributed by atoms with Crippen LogP contribution in [0.15, 0.2) is 69.6 Å². The minimum absolute atomic E-state index is 0.629. The van der Waals surface area contributed by atoms with E-state index in [9.17, 15) is 0 Å². The maximum absolute atomic E-state index is 5.84. The number of rotatable bonds is 2. The highest BCUT2D eigenvalue weighted by atomic mass is 79.9. The van der Waals surface area contributed by atoms with Gasteiger partial charge in [0.2, 0.25) is 5.89 Å². The summed E-state index contributed by atoms with van der Waals surface area (Å²) in [6.07, 6.45) is 0. The Morgan fingerprint density at radius 1 is 0.800 bits per heavy atom. The van der Waals surface area contributed by atoms with Gasteiger partial charge in [-0.25, -0.2) is 4.98 Å². The van der Waals surface area contributed by atoms with Gasteiger partial charge in [0.15, 0.2) is 5.58 Å². The average molecular weight is 408 g/mol. The first-order chi connectivity index (χ1) is 12.3. The topological polar surface area (TPSA) is 51.8 Å². The summed E-state index contributed by atoms with van der Waals surface area (Å²) in [5, 5.41) is 0. The lowest BCUT2D eigenvalue weighted by Crippen LogP contribution is -1.83. The first-order valence-electron chi connectivity index (χ1n) is 7.67. The van der Waals surface area contributed by atoms with Gasteiger partial charge in [-0.15, -0.1) is 0 Å². The van der Waals surface area contributed by atoms with Gasteiger partial charge in [0.05, 0.1) is 11.7 Å². The molecule has 0 N–H and O–H groups in total. The van der Waals surface area contributed by atoms with Gasteiger partial charge >= 0.3 is 0 Å². The second-order valence-electron chi connectivity index (χ2n) is 5.62. The van der Waals surface area contributed by atoms with Crippen molar-refractivity contribution in [2.75, 3.05) is 0 Å². The molecule has 0 atom stereocenters. The molecular weight excluding hydrogens is 398 g/mol. The first kappa shape index (κ1) is 14.7. The predicted octanol–water partition coefficient (Wildman–Crippen LogP) is 5.93. The standard InChI is InChI=1S/C19H10BrN3OS/c20-14-10-9-13(17-18(14)23-25-22-17)11-5-7-12(8-6-11)19-21-15-3-1-2-4-16(15)24-19/h1-10H. The molecule has 0 amide bonds. The summed E-state index contributed by atoms with van der Waals surface area (Å²) in [6, 6.07) is 20.0. The van der Waals surface area contributed by atoms with Crippen LogP contribution in [-0.4, -0.2) is 13.7 Å².